The van der Waals surface area contributed by atoms with Crippen molar-refractivity contribution in [3.8, 4) is 55.6 Å². The molecule has 0 saturated heterocycles. The minimum atomic E-state index is 0.120. The van der Waals surface area contributed by atoms with E-state index in [0.717, 1.165) is 79.6 Å². The van der Waals surface area contributed by atoms with Crippen LogP contribution in [-0.4, -0.2) is 11.6 Å². The van der Waals surface area contributed by atoms with Crippen LogP contribution >= 0.6 is 0 Å². The maximum absolute atomic E-state index is 13.6. The van der Waals surface area contributed by atoms with Crippen LogP contribution in [0.5, 0.6) is 0 Å². The highest BCUT2D eigenvalue weighted by Crippen LogP contribution is 2.50. The van der Waals surface area contributed by atoms with Crippen LogP contribution in [0.2, 0.25) is 0 Å². The average molecular weight is 815 g/mol. The highest BCUT2D eigenvalue weighted by atomic mass is 16.1. The second-order valence-electron chi connectivity index (χ2n) is 18.2. The van der Waals surface area contributed by atoms with Gasteiger partial charge in [0.2, 0.25) is 0 Å². The van der Waals surface area contributed by atoms with E-state index in [-0.39, 0.29) is 11.6 Å². The first-order chi connectivity index (χ1) is 30.6. The van der Waals surface area contributed by atoms with Crippen LogP contribution < -0.4 is 0 Å². The molecule has 0 atom stereocenters. The largest absolute Gasteiger partial charge is 0.289 e. The lowest BCUT2D eigenvalue weighted by Gasteiger charge is -2.16. The molecule has 0 radical (unpaired) electrons. The van der Waals surface area contributed by atoms with E-state index in [1.807, 2.05) is 36.4 Å². The molecule has 2 heteroatoms. The molecule has 0 unspecified atom stereocenters. The Bertz CT molecular complexity index is 2470. The highest BCUT2D eigenvalue weighted by molar-refractivity contribution is 6.23. The highest BCUT2D eigenvalue weighted by Gasteiger charge is 2.30. The molecule has 3 aliphatic rings. The minimum Gasteiger partial charge on any atom is -0.289 e. The van der Waals surface area contributed by atoms with Gasteiger partial charge in [-0.1, -0.05) is 206 Å². The lowest BCUT2D eigenvalue weighted by molar-refractivity contribution is 0.103. The number of allylic oxidation sites excluding steroid dienone is 1. The van der Waals surface area contributed by atoms with Crippen molar-refractivity contribution < 1.29 is 9.59 Å². The predicted molar refractivity (Wildman–Crippen MR) is 261 cm³/mol. The van der Waals surface area contributed by atoms with E-state index < -0.39 is 0 Å². The number of ketones is 2. The number of fused-ring (bicyclic) bond motifs is 9. The van der Waals surface area contributed by atoms with Gasteiger partial charge in [-0.25, -0.2) is 0 Å². The number of carbonyl (C=O) groups excluding carboxylic acids is 2. The molecule has 0 fully saturated rings. The van der Waals surface area contributed by atoms with Crippen molar-refractivity contribution in [2.45, 2.75) is 129 Å². The van der Waals surface area contributed by atoms with Crippen LogP contribution in [0.25, 0.3) is 61.2 Å². The number of hydrogen-bond donors (Lipinski definition) is 0. The first kappa shape index (κ1) is 41.7. The second-order valence-corrected chi connectivity index (χ2v) is 18.2. The molecule has 3 aliphatic carbocycles. The minimum absolute atomic E-state index is 0.120. The molecule has 314 valence electrons. The van der Waals surface area contributed by atoms with Crippen molar-refractivity contribution in [1.82, 2.24) is 0 Å². The van der Waals surface area contributed by atoms with Gasteiger partial charge in [0.1, 0.15) is 0 Å². The van der Waals surface area contributed by atoms with Crippen molar-refractivity contribution in [1.29, 1.82) is 0 Å². The van der Waals surface area contributed by atoms with Gasteiger partial charge in [-0.2, -0.15) is 0 Å². The smallest absolute Gasteiger partial charge is 0.194 e. The van der Waals surface area contributed by atoms with E-state index >= 15 is 0 Å². The Morgan fingerprint density at radius 3 is 0.968 bits per heavy atom. The molecule has 62 heavy (non-hydrogen) atoms. The first-order valence-electron chi connectivity index (χ1n) is 24.1. The van der Waals surface area contributed by atoms with Crippen molar-refractivity contribution in [2.24, 2.45) is 0 Å². The molecule has 0 heterocycles. The van der Waals surface area contributed by atoms with Gasteiger partial charge in [0.05, 0.1) is 0 Å². The Kier molecular flexibility index (Phi) is 12.9. The van der Waals surface area contributed by atoms with E-state index in [9.17, 15) is 9.59 Å². The number of unbranched alkanes of at least 4 members (excludes halogenated alkanes) is 14. The van der Waals surface area contributed by atoms with Crippen LogP contribution in [-0.2, 0) is 0 Å². The van der Waals surface area contributed by atoms with Gasteiger partial charge >= 0.3 is 0 Å². The molecule has 0 spiro atoms. The third-order valence-corrected chi connectivity index (χ3v) is 14.0. The molecule has 0 amide bonds. The standard InChI is InChI=1S/C60H62O2/c1-3-5-7-9-11-13-15-17-23-41(24-18-16-14-12-10-8-6-4-2)58-54-37-42(44-31-35-50-46-25-19-21-27-52(46)59(61)56(50)39-44)29-33-48(54)49-34-30-43(38-55(49)58)45-32-36-51-47-26-20-22-28-53(47)60(62)57(51)40-45/h19-22,25-40H,3-18,23-24H2,1-2H3. The summed E-state index contributed by atoms with van der Waals surface area (Å²) in [7, 11) is 0. The van der Waals surface area contributed by atoms with Crippen molar-refractivity contribution in [2.75, 3.05) is 0 Å². The first-order valence-corrected chi connectivity index (χ1v) is 24.1. The Morgan fingerprint density at radius 1 is 0.306 bits per heavy atom. The summed E-state index contributed by atoms with van der Waals surface area (Å²) in [6.45, 7) is 4.59. The van der Waals surface area contributed by atoms with Gasteiger partial charge in [-0.05, 0) is 122 Å². The van der Waals surface area contributed by atoms with Crippen LogP contribution in [0.3, 0.4) is 0 Å². The lowest BCUT2D eigenvalue weighted by Crippen LogP contribution is -1.96. The molecule has 0 aliphatic heterocycles. The third-order valence-electron chi connectivity index (χ3n) is 14.0. The number of hydrogen-bond acceptors (Lipinski definition) is 2. The summed E-state index contributed by atoms with van der Waals surface area (Å²) in [6, 6.07) is 43.0. The molecular weight excluding hydrogens is 753 g/mol. The summed E-state index contributed by atoms with van der Waals surface area (Å²) < 4.78 is 0. The maximum Gasteiger partial charge on any atom is 0.194 e. The quantitative estimate of drug-likeness (QED) is 0.0718. The van der Waals surface area contributed by atoms with Gasteiger partial charge in [0, 0.05) is 22.3 Å². The lowest BCUT2D eigenvalue weighted by atomic mass is 9.88. The molecule has 2 nitrogen and oxygen atoms in total. The fourth-order valence-electron chi connectivity index (χ4n) is 10.6. The molecule has 0 bridgehead atoms. The van der Waals surface area contributed by atoms with Crippen molar-refractivity contribution >= 4 is 17.1 Å². The van der Waals surface area contributed by atoms with E-state index in [1.54, 1.807) is 5.57 Å². The topological polar surface area (TPSA) is 34.1 Å². The summed E-state index contributed by atoms with van der Waals surface area (Å²) in [4.78, 5) is 27.3. The zero-order chi connectivity index (χ0) is 42.4. The molecular formula is C60H62O2. The van der Waals surface area contributed by atoms with Crippen LogP contribution in [0.1, 0.15) is 172 Å². The molecule has 0 saturated carbocycles. The van der Waals surface area contributed by atoms with Crippen LogP contribution in [0, 0.1) is 0 Å². The fourth-order valence-corrected chi connectivity index (χ4v) is 10.6. The van der Waals surface area contributed by atoms with E-state index in [0.29, 0.717) is 0 Å². The Hall–Kier alpha value is -5.60. The van der Waals surface area contributed by atoms with E-state index in [2.05, 4.69) is 98.8 Å². The fraction of sp³-hybridized carbons (Fsp3) is 0.333. The Labute approximate surface area is 370 Å². The Morgan fingerprint density at radius 2 is 0.597 bits per heavy atom. The second kappa shape index (κ2) is 19.2. The molecule has 6 aromatic carbocycles. The van der Waals surface area contributed by atoms with Gasteiger partial charge in [0.25, 0.3) is 0 Å². The van der Waals surface area contributed by atoms with Crippen LogP contribution in [0.15, 0.2) is 127 Å². The zero-order valence-corrected chi connectivity index (χ0v) is 37.1. The zero-order valence-electron chi connectivity index (χ0n) is 37.1. The van der Waals surface area contributed by atoms with Gasteiger partial charge in [0.15, 0.2) is 11.6 Å². The molecule has 0 aromatic heterocycles. The van der Waals surface area contributed by atoms with E-state index in [1.165, 1.54) is 131 Å². The summed E-state index contributed by atoms with van der Waals surface area (Å²) in [6.07, 6.45) is 23.2. The SMILES string of the molecule is CCCCCCCCCCC(CCCCCCCCCC)=C1c2cc(-c3ccc4c(c3)C(=O)c3ccccc3-4)ccc2-c2ccc(-c3ccc4c(c3)C(=O)c3ccccc3-4)cc21. The monoisotopic (exact) mass is 814 g/mol. The number of carbonyl (C=O) groups is 2. The summed E-state index contributed by atoms with van der Waals surface area (Å²) in [5.41, 5.74) is 20.0. The summed E-state index contributed by atoms with van der Waals surface area (Å²) in [5.74, 6) is 0.239. The number of benzene rings is 6. The maximum atomic E-state index is 13.6. The van der Waals surface area contributed by atoms with Gasteiger partial charge in [-0.3, -0.25) is 9.59 Å². The average Bonchev–Trinajstić information content (AvgIpc) is 3.90. The van der Waals surface area contributed by atoms with Crippen molar-refractivity contribution in [3.63, 3.8) is 0 Å². The molecule has 0 N–H and O–H groups in total. The van der Waals surface area contributed by atoms with Gasteiger partial charge < -0.3 is 0 Å². The van der Waals surface area contributed by atoms with Gasteiger partial charge in [-0.15, -0.1) is 0 Å². The predicted octanol–water partition coefficient (Wildman–Crippen LogP) is 17.3. The van der Waals surface area contributed by atoms with Crippen molar-refractivity contribution in [3.05, 3.63) is 160 Å². The molecule has 6 aromatic rings. The van der Waals surface area contributed by atoms with E-state index in [4.69, 9.17) is 0 Å². The normalized spacial score (nSPS) is 12.9. The number of rotatable bonds is 20. The summed E-state index contributed by atoms with van der Waals surface area (Å²) >= 11 is 0. The molecule has 9 rings (SSSR count). The van der Waals surface area contributed by atoms with Crippen LogP contribution in [0.4, 0.5) is 0 Å². The Balaban J connectivity index is 1.09. The summed E-state index contributed by atoms with van der Waals surface area (Å²) in [5, 5.41) is 0. The third kappa shape index (κ3) is 8.34.